The molecule has 0 fully saturated rings. The minimum Gasteiger partial charge on any atom is -0.496 e. The normalized spacial score (nSPS) is 10.7. The van der Waals surface area contributed by atoms with Gasteiger partial charge in [0.25, 0.3) is 0 Å². The fourth-order valence-corrected chi connectivity index (χ4v) is 2.71. The fourth-order valence-electron chi connectivity index (χ4n) is 1.51. The third-order valence-corrected chi connectivity index (χ3v) is 3.67. The maximum Gasteiger partial charge on any atom is 0.339 e. The molecule has 0 saturated carbocycles. The van der Waals surface area contributed by atoms with Crippen molar-refractivity contribution in [2.24, 2.45) is 5.92 Å². The number of methoxy groups -OCH3 is 1. The van der Waals surface area contributed by atoms with Crippen molar-refractivity contribution in [3.8, 4) is 5.75 Å². The van der Waals surface area contributed by atoms with Crippen molar-refractivity contribution in [3.63, 3.8) is 0 Å². The number of carboxylic acid groups (broad SMARTS) is 1. The zero-order valence-electron chi connectivity index (χ0n) is 11.1. The first-order valence-corrected chi connectivity index (χ1v) is 7.18. The Morgan fingerprint density at radius 2 is 2.17 bits per heavy atom. The van der Waals surface area contributed by atoms with Gasteiger partial charge in [0.15, 0.2) is 0 Å². The largest absolute Gasteiger partial charge is 0.496 e. The van der Waals surface area contributed by atoms with E-state index in [1.807, 2.05) is 23.9 Å². The minimum absolute atomic E-state index is 0.216. The van der Waals surface area contributed by atoms with Gasteiger partial charge in [-0.1, -0.05) is 19.9 Å². The summed E-state index contributed by atoms with van der Waals surface area (Å²) < 4.78 is 5.10. The van der Waals surface area contributed by atoms with Gasteiger partial charge >= 0.3 is 5.97 Å². The number of carboxylic acids is 1. The standard InChI is InChI=1S/C14H20O3S/c1-10(2)6-7-18-9-11-4-5-12(14(15)16)13(8-11)17-3/h4-5,8,10H,6-7,9H2,1-3H3,(H,15,16). The molecule has 0 aliphatic rings. The SMILES string of the molecule is COc1cc(CSCCC(C)C)ccc1C(=O)O. The molecule has 1 aromatic carbocycles. The number of hydrogen-bond acceptors (Lipinski definition) is 3. The molecule has 18 heavy (non-hydrogen) atoms. The molecular formula is C14H20O3S. The van der Waals surface area contributed by atoms with E-state index in [4.69, 9.17) is 9.84 Å². The molecule has 100 valence electrons. The highest BCUT2D eigenvalue weighted by atomic mass is 32.2. The minimum atomic E-state index is -0.953. The lowest BCUT2D eigenvalue weighted by Crippen LogP contribution is -2.01. The molecule has 0 radical (unpaired) electrons. The van der Waals surface area contributed by atoms with Gasteiger partial charge in [-0.2, -0.15) is 11.8 Å². The number of hydrogen-bond donors (Lipinski definition) is 1. The van der Waals surface area contributed by atoms with Crippen LogP contribution in [0.4, 0.5) is 0 Å². The summed E-state index contributed by atoms with van der Waals surface area (Å²) in [6.07, 6.45) is 1.20. The van der Waals surface area contributed by atoms with Crippen molar-refractivity contribution >= 4 is 17.7 Å². The van der Waals surface area contributed by atoms with E-state index in [1.54, 1.807) is 6.07 Å². The lowest BCUT2D eigenvalue weighted by Gasteiger charge is -2.08. The third-order valence-electron chi connectivity index (χ3n) is 2.60. The summed E-state index contributed by atoms with van der Waals surface area (Å²) in [6, 6.07) is 5.28. The molecule has 0 aliphatic heterocycles. The van der Waals surface area contributed by atoms with Crippen LogP contribution in [0.25, 0.3) is 0 Å². The summed E-state index contributed by atoms with van der Waals surface area (Å²) in [5.41, 5.74) is 1.32. The van der Waals surface area contributed by atoms with Crippen molar-refractivity contribution in [1.29, 1.82) is 0 Å². The highest BCUT2D eigenvalue weighted by Crippen LogP contribution is 2.23. The summed E-state index contributed by atoms with van der Waals surface area (Å²) in [4.78, 5) is 10.9. The van der Waals surface area contributed by atoms with Gasteiger partial charge in [0, 0.05) is 5.75 Å². The Labute approximate surface area is 113 Å². The molecule has 0 aromatic heterocycles. The maximum atomic E-state index is 10.9. The van der Waals surface area contributed by atoms with Crippen molar-refractivity contribution in [3.05, 3.63) is 29.3 Å². The molecule has 1 rings (SSSR count). The predicted octanol–water partition coefficient (Wildman–Crippen LogP) is 3.67. The van der Waals surface area contributed by atoms with Crippen LogP contribution in [0.5, 0.6) is 5.75 Å². The van der Waals surface area contributed by atoms with Crippen LogP contribution in [0.1, 0.15) is 36.2 Å². The topological polar surface area (TPSA) is 46.5 Å². The van der Waals surface area contributed by atoms with Gasteiger partial charge in [0.1, 0.15) is 11.3 Å². The molecular weight excluding hydrogens is 248 g/mol. The van der Waals surface area contributed by atoms with E-state index in [9.17, 15) is 4.79 Å². The number of aromatic carboxylic acids is 1. The van der Waals surface area contributed by atoms with Crippen molar-refractivity contribution < 1.29 is 14.6 Å². The Balaban J connectivity index is 2.60. The van der Waals surface area contributed by atoms with E-state index in [-0.39, 0.29) is 5.56 Å². The Morgan fingerprint density at radius 1 is 1.44 bits per heavy atom. The zero-order chi connectivity index (χ0) is 13.5. The molecule has 0 saturated heterocycles. The van der Waals surface area contributed by atoms with Crippen LogP contribution in [0, 0.1) is 5.92 Å². The van der Waals surface area contributed by atoms with Crippen LogP contribution in [0.2, 0.25) is 0 Å². The summed E-state index contributed by atoms with van der Waals surface area (Å²) in [6.45, 7) is 4.43. The summed E-state index contributed by atoms with van der Waals surface area (Å²) in [5.74, 6) is 2.22. The molecule has 1 N–H and O–H groups in total. The van der Waals surface area contributed by atoms with Crippen LogP contribution in [0.3, 0.4) is 0 Å². The monoisotopic (exact) mass is 268 g/mol. The van der Waals surface area contributed by atoms with E-state index in [0.717, 1.165) is 23.0 Å². The number of carbonyl (C=O) groups is 1. The number of thioether (sulfide) groups is 1. The summed E-state index contributed by atoms with van der Waals surface area (Å²) in [7, 11) is 1.50. The van der Waals surface area contributed by atoms with Crippen LogP contribution < -0.4 is 4.74 Å². The van der Waals surface area contributed by atoms with Gasteiger partial charge in [-0.3, -0.25) is 0 Å². The molecule has 3 nitrogen and oxygen atoms in total. The van der Waals surface area contributed by atoms with Crippen molar-refractivity contribution in [1.82, 2.24) is 0 Å². The lowest BCUT2D eigenvalue weighted by atomic mass is 10.1. The van der Waals surface area contributed by atoms with E-state index in [2.05, 4.69) is 13.8 Å². The van der Waals surface area contributed by atoms with Crippen molar-refractivity contribution in [2.45, 2.75) is 26.0 Å². The smallest absolute Gasteiger partial charge is 0.339 e. The first kappa shape index (κ1) is 14.9. The highest BCUT2D eigenvalue weighted by Gasteiger charge is 2.11. The second kappa shape index (κ2) is 7.31. The third kappa shape index (κ3) is 4.61. The maximum absolute atomic E-state index is 10.9. The fraction of sp³-hybridized carbons (Fsp3) is 0.500. The molecule has 0 spiro atoms. The number of ether oxygens (including phenoxy) is 1. The van der Waals surface area contributed by atoms with Crippen LogP contribution in [0.15, 0.2) is 18.2 Å². The molecule has 0 atom stereocenters. The number of benzene rings is 1. The van der Waals surface area contributed by atoms with E-state index >= 15 is 0 Å². The molecule has 1 aromatic rings. The molecule has 0 bridgehead atoms. The molecule has 0 heterocycles. The highest BCUT2D eigenvalue weighted by molar-refractivity contribution is 7.98. The zero-order valence-corrected chi connectivity index (χ0v) is 11.9. The average Bonchev–Trinajstić information content (AvgIpc) is 2.33. The summed E-state index contributed by atoms with van der Waals surface area (Å²) in [5, 5.41) is 8.98. The molecule has 0 aliphatic carbocycles. The van der Waals surface area contributed by atoms with Gasteiger partial charge < -0.3 is 9.84 Å². The Hall–Kier alpha value is -1.16. The van der Waals surface area contributed by atoms with Crippen LogP contribution in [-0.4, -0.2) is 23.9 Å². The lowest BCUT2D eigenvalue weighted by molar-refractivity contribution is 0.0693. The molecule has 0 unspecified atom stereocenters. The van der Waals surface area contributed by atoms with E-state index in [1.165, 1.54) is 13.5 Å². The van der Waals surface area contributed by atoms with Gasteiger partial charge in [-0.25, -0.2) is 4.79 Å². The Bertz CT molecular complexity index is 402. The molecule has 0 amide bonds. The quantitative estimate of drug-likeness (QED) is 0.766. The Morgan fingerprint density at radius 3 is 2.72 bits per heavy atom. The van der Waals surface area contributed by atoms with Crippen LogP contribution >= 0.6 is 11.8 Å². The Kier molecular flexibility index (Phi) is 6.05. The second-order valence-electron chi connectivity index (χ2n) is 4.57. The van der Waals surface area contributed by atoms with Gasteiger partial charge in [0.05, 0.1) is 7.11 Å². The van der Waals surface area contributed by atoms with Crippen molar-refractivity contribution in [2.75, 3.05) is 12.9 Å². The number of rotatable bonds is 7. The first-order valence-electron chi connectivity index (χ1n) is 6.02. The second-order valence-corrected chi connectivity index (χ2v) is 5.68. The van der Waals surface area contributed by atoms with E-state index in [0.29, 0.717) is 5.75 Å². The van der Waals surface area contributed by atoms with Crippen LogP contribution in [-0.2, 0) is 5.75 Å². The summed E-state index contributed by atoms with van der Waals surface area (Å²) >= 11 is 1.87. The molecule has 4 heteroatoms. The van der Waals surface area contributed by atoms with Gasteiger partial charge in [-0.15, -0.1) is 0 Å². The predicted molar refractivity (Wildman–Crippen MR) is 75.6 cm³/mol. The first-order chi connectivity index (χ1) is 8.54. The average molecular weight is 268 g/mol. The van der Waals surface area contributed by atoms with Gasteiger partial charge in [-0.05, 0) is 35.8 Å². The van der Waals surface area contributed by atoms with Gasteiger partial charge in [0.2, 0.25) is 0 Å². The van der Waals surface area contributed by atoms with E-state index < -0.39 is 5.97 Å².